The van der Waals surface area contributed by atoms with E-state index in [1.54, 1.807) is 24.3 Å². The number of amides is 1. The highest BCUT2D eigenvalue weighted by Crippen LogP contribution is 2.40. The van der Waals surface area contributed by atoms with Gasteiger partial charge >= 0.3 is 5.97 Å². The highest BCUT2D eigenvalue weighted by atomic mass is 35.5. The number of benzene rings is 2. The molecule has 0 aliphatic carbocycles. The molecule has 0 spiro atoms. The second-order valence-electron chi connectivity index (χ2n) is 9.39. The summed E-state index contributed by atoms with van der Waals surface area (Å²) in [5.41, 5.74) is 1.19. The molecule has 13 heteroatoms. The number of sulfonamides is 1. The summed E-state index contributed by atoms with van der Waals surface area (Å²) in [5.74, 6) is -0.414. The molecule has 0 saturated heterocycles. The zero-order chi connectivity index (χ0) is 29.5. The van der Waals surface area contributed by atoms with Gasteiger partial charge in [-0.2, -0.15) is 0 Å². The average Bonchev–Trinajstić information content (AvgIpc) is 2.83. The van der Waals surface area contributed by atoms with Crippen molar-refractivity contribution in [2.45, 2.75) is 45.3 Å². The van der Waals surface area contributed by atoms with E-state index >= 15 is 0 Å². The van der Waals surface area contributed by atoms with Gasteiger partial charge in [0, 0.05) is 19.3 Å². The quantitative estimate of drug-likeness (QED) is 0.257. The van der Waals surface area contributed by atoms with Gasteiger partial charge in [-0.15, -0.1) is 11.6 Å². The van der Waals surface area contributed by atoms with E-state index in [1.165, 1.54) is 6.92 Å². The number of alkyl halides is 1. The van der Waals surface area contributed by atoms with Gasteiger partial charge in [0.2, 0.25) is 15.9 Å². The van der Waals surface area contributed by atoms with E-state index in [1.807, 2.05) is 26.0 Å². The third-order valence-electron chi connectivity index (χ3n) is 5.78. The Morgan fingerprint density at radius 1 is 1.00 bits per heavy atom. The number of hydrogen-bond acceptors (Lipinski definition) is 8. The van der Waals surface area contributed by atoms with Crippen molar-refractivity contribution in [3.63, 3.8) is 0 Å². The lowest BCUT2D eigenvalue weighted by Crippen LogP contribution is -2.41. The van der Waals surface area contributed by atoms with Gasteiger partial charge in [-0.3, -0.25) is 9.59 Å². The number of aliphatic hydroxyl groups excluding tert-OH is 1. The third-order valence-corrected chi connectivity index (χ3v) is 7.90. The number of ether oxygens (including phenoxy) is 3. The normalized spacial score (nSPS) is 13.4. The molecule has 39 heavy (non-hydrogen) atoms. The summed E-state index contributed by atoms with van der Waals surface area (Å²) in [6.45, 7) is 5.74. The molecule has 0 aromatic heterocycles. The van der Waals surface area contributed by atoms with Crippen molar-refractivity contribution in [2.75, 3.05) is 31.9 Å². The molecule has 0 bridgehead atoms. The fourth-order valence-corrected chi connectivity index (χ4v) is 5.31. The van der Waals surface area contributed by atoms with Crippen LogP contribution in [0.5, 0.6) is 11.5 Å². The topological polar surface area (TPSA) is 119 Å². The first-order chi connectivity index (χ1) is 18.1. The van der Waals surface area contributed by atoms with Crippen LogP contribution in [0.25, 0.3) is 0 Å². The number of hydrogen-bond donors (Lipinski definition) is 1. The number of halogens is 3. The Balaban J connectivity index is 2.10. The molecular formula is C26H32Cl3NO8S. The molecule has 9 nitrogen and oxygen atoms in total. The minimum Gasteiger partial charge on any atom is -0.491 e. The number of rotatable bonds is 13. The molecule has 2 aromatic carbocycles. The summed E-state index contributed by atoms with van der Waals surface area (Å²) in [5, 5.41) is 10.7. The summed E-state index contributed by atoms with van der Waals surface area (Å²) < 4.78 is 40.4. The number of carbonyl (C=O) groups is 2. The molecule has 0 aliphatic heterocycles. The first-order valence-electron chi connectivity index (χ1n) is 11.8. The van der Waals surface area contributed by atoms with E-state index < -0.39 is 46.1 Å². The number of nitrogens with zero attached hydrogens (tertiary/aromatic N) is 1. The van der Waals surface area contributed by atoms with E-state index in [0.29, 0.717) is 10.1 Å². The lowest BCUT2D eigenvalue weighted by atomic mass is 9.78. The predicted molar refractivity (Wildman–Crippen MR) is 151 cm³/mol. The van der Waals surface area contributed by atoms with Crippen LogP contribution < -0.4 is 9.47 Å². The van der Waals surface area contributed by atoms with Crippen molar-refractivity contribution < 1.29 is 37.3 Å². The van der Waals surface area contributed by atoms with Gasteiger partial charge in [0.05, 0.1) is 28.7 Å². The van der Waals surface area contributed by atoms with Crippen LogP contribution in [0.2, 0.25) is 10.0 Å². The highest BCUT2D eigenvalue weighted by molar-refractivity contribution is 7.88. The molecule has 0 unspecified atom stereocenters. The fraction of sp³-hybridized carbons (Fsp3) is 0.462. The first kappa shape index (κ1) is 33.0. The van der Waals surface area contributed by atoms with Gasteiger partial charge in [-0.05, 0) is 35.4 Å². The van der Waals surface area contributed by atoms with Crippen LogP contribution in [0.4, 0.5) is 0 Å². The van der Waals surface area contributed by atoms with Crippen LogP contribution in [0.1, 0.15) is 38.8 Å². The van der Waals surface area contributed by atoms with Crippen molar-refractivity contribution in [1.29, 1.82) is 0 Å². The number of aliphatic hydroxyl groups is 1. The van der Waals surface area contributed by atoms with Crippen LogP contribution in [0.3, 0.4) is 0 Å². The maximum atomic E-state index is 11.7. The van der Waals surface area contributed by atoms with Gasteiger partial charge in [-0.1, -0.05) is 49.2 Å². The van der Waals surface area contributed by atoms with Gasteiger partial charge in [-0.25, -0.2) is 12.7 Å². The Morgan fingerprint density at radius 3 is 2.03 bits per heavy atom. The van der Waals surface area contributed by atoms with Crippen molar-refractivity contribution in [2.24, 2.45) is 0 Å². The summed E-state index contributed by atoms with van der Waals surface area (Å²) in [7, 11) is -3.79. The molecule has 2 atom stereocenters. The van der Waals surface area contributed by atoms with E-state index in [4.69, 9.17) is 49.0 Å². The molecule has 2 rings (SSSR count). The maximum absolute atomic E-state index is 11.7. The SMILES string of the molecule is CC(=O)O[C@@H](CCl)COc1c(Cl)cc(C(C)(C)c2ccc(OC[C@H](O)CN(C(C)=O)S(C)(=O)=O)cc2)cc1Cl. The molecule has 0 heterocycles. The number of carbonyl (C=O) groups excluding carboxylic acids is 2. The molecular weight excluding hydrogens is 593 g/mol. The van der Waals surface area contributed by atoms with Crippen molar-refractivity contribution in [3.05, 3.63) is 57.6 Å². The van der Waals surface area contributed by atoms with E-state index in [9.17, 15) is 23.1 Å². The maximum Gasteiger partial charge on any atom is 0.303 e. The smallest absolute Gasteiger partial charge is 0.303 e. The third kappa shape index (κ3) is 9.42. The van der Waals surface area contributed by atoms with Crippen LogP contribution in [0, 0.1) is 0 Å². The summed E-state index contributed by atoms with van der Waals surface area (Å²) >= 11 is 18.8. The van der Waals surface area contributed by atoms with E-state index in [0.717, 1.165) is 24.3 Å². The van der Waals surface area contributed by atoms with Crippen molar-refractivity contribution >= 4 is 56.7 Å². The zero-order valence-electron chi connectivity index (χ0n) is 22.2. The summed E-state index contributed by atoms with van der Waals surface area (Å²) in [6.07, 6.45) is -0.966. The summed E-state index contributed by atoms with van der Waals surface area (Å²) in [6, 6.07) is 10.6. The van der Waals surface area contributed by atoms with Crippen LogP contribution in [-0.2, 0) is 29.8 Å². The van der Waals surface area contributed by atoms with Crippen molar-refractivity contribution in [3.8, 4) is 11.5 Å². The van der Waals surface area contributed by atoms with Gasteiger partial charge in [0.25, 0.3) is 0 Å². The molecule has 0 saturated carbocycles. The van der Waals surface area contributed by atoms with Crippen LogP contribution in [-0.4, -0.2) is 73.8 Å². The molecule has 0 aliphatic rings. The number of esters is 1. The molecule has 0 radical (unpaired) electrons. The highest BCUT2D eigenvalue weighted by Gasteiger charge is 2.27. The molecule has 216 valence electrons. The largest absolute Gasteiger partial charge is 0.491 e. The Morgan fingerprint density at radius 2 is 1.56 bits per heavy atom. The molecule has 2 aromatic rings. The minimum absolute atomic E-state index is 0.0114. The Labute approximate surface area is 243 Å². The summed E-state index contributed by atoms with van der Waals surface area (Å²) in [4.78, 5) is 22.8. The predicted octanol–water partition coefficient (Wildman–Crippen LogP) is 4.42. The van der Waals surface area contributed by atoms with Crippen LogP contribution >= 0.6 is 34.8 Å². The molecule has 1 N–H and O–H groups in total. The van der Waals surface area contributed by atoms with Crippen molar-refractivity contribution in [1.82, 2.24) is 4.31 Å². The van der Waals surface area contributed by atoms with Gasteiger partial charge in [0.15, 0.2) is 5.75 Å². The van der Waals surface area contributed by atoms with Gasteiger partial charge < -0.3 is 19.3 Å². The average molecular weight is 625 g/mol. The standard InChI is InChI=1S/C26H32Cl3NO8S/c1-16(31)30(39(5,34)35)13-20(33)14-36-21-8-6-18(7-9-21)26(3,4)19-10-23(28)25(24(29)11-19)37-15-22(12-27)38-17(2)32/h6-11,20,22,33H,12-15H2,1-5H3/t20-,22+/m1/s1. The lowest BCUT2D eigenvalue weighted by Gasteiger charge is -2.27. The zero-order valence-corrected chi connectivity index (χ0v) is 25.3. The Bertz CT molecular complexity index is 1250. The second-order valence-corrected chi connectivity index (χ2v) is 12.4. The Hall–Kier alpha value is -2.24. The van der Waals surface area contributed by atoms with E-state index in [2.05, 4.69) is 0 Å². The monoisotopic (exact) mass is 623 g/mol. The van der Waals surface area contributed by atoms with Crippen LogP contribution in [0.15, 0.2) is 36.4 Å². The van der Waals surface area contributed by atoms with E-state index in [-0.39, 0.29) is 34.9 Å². The lowest BCUT2D eigenvalue weighted by molar-refractivity contribution is -0.146. The first-order valence-corrected chi connectivity index (χ1v) is 14.9. The molecule has 1 amide bonds. The Kier molecular flexibility index (Phi) is 11.7. The van der Waals surface area contributed by atoms with Gasteiger partial charge in [0.1, 0.15) is 31.2 Å². The fourth-order valence-electron chi connectivity index (χ4n) is 3.65. The molecule has 0 fully saturated rings. The minimum atomic E-state index is -3.79. The second kappa shape index (κ2) is 13.9.